The molecule has 0 aliphatic heterocycles. The number of anilines is 1. The normalized spacial score (nSPS) is 10.3. The molecule has 0 aliphatic carbocycles. The number of carboxylic acids is 1. The number of hydrogen-bond donors (Lipinski definition) is 1. The Balaban J connectivity index is 2.23. The van der Waals surface area contributed by atoms with E-state index in [0.717, 1.165) is 10.7 Å². The molecule has 0 atom stereocenters. The molecule has 0 saturated heterocycles. The second kappa shape index (κ2) is 5.14. The number of nitrogens with zero attached hydrogens (tertiary/aromatic N) is 3. The number of pyridine rings is 1. The molecule has 1 N–H and O–H groups in total. The van der Waals surface area contributed by atoms with Crippen LogP contribution in [0.5, 0.6) is 0 Å². The lowest BCUT2D eigenvalue weighted by atomic mass is 10.2. The van der Waals surface area contributed by atoms with Crippen LogP contribution in [-0.4, -0.2) is 28.1 Å². The molecule has 18 heavy (non-hydrogen) atoms. The van der Waals surface area contributed by atoms with E-state index in [9.17, 15) is 4.79 Å². The summed E-state index contributed by atoms with van der Waals surface area (Å²) in [5, 5.41) is 12.1. The van der Waals surface area contributed by atoms with Crippen LogP contribution in [0.25, 0.3) is 0 Å². The van der Waals surface area contributed by atoms with Gasteiger partial charge in [-0.15, -0.1) is 11.3 Å². The third kappa shape index (κ3) is 2.65. The highest BCUT2D eigenvalue weighted by atomic mass is 32.1. The standard InChI is InChI=1S/C12H13N3O2S/c1-8-14-9(7-18-8)6-15(2)10-4-3-5-13-11(10)12(16)17/h3-5,7H,6H2,1-2H3,(H,16,17). The first kappa shape index (κ1) is 12.5. The molecular weight excluding hydrogens is 250 g/mol. The Labute approximate surface area is 109 Å². The fourth-order valence-electron chi connectivity index (χ4n) is 1.68. The summed E-state index contributed by atoms with van der Waals surface area (Å²) in [6.07, 6.45) is 1.48. The van der Waals surface area contributed by atoms with Crippen LogP contribution in [0.2, 0.25) is 0 Å². The average molecular weight is 263 g/mol. The van der Waals surface area contributed by atoms with Gasteiger partial charge in [0, 0.05) is 18.6 Å². The Hall–Kier alpha value is -1.95. The van der Waals surface area contributed by atoms with Crippen molar-refractivity contribution in [2.75, 3.05) is 11.9 Å². The Bertz CT molecular complexity index is 568. The maximum atomic E-state index is 11.1. The van der Waals surface area contributed by atoms with Crippen LogP contribution in [0.1, 0.15) is 21.2 Å². The highest BCUT2D eigenvalue weighted by molar-refractivity contribution is 7.09. The lowest BCUT2D eigenvalue weighted by molar-refractivity contribution is 0.0691. The molecule has 0 saturated carbocycles. The molecule has 0 aliphatic rings. The first-order chi connectivity index (χ1) is 8.58. The Kier molecular flexibility index (Phi) is 3.57. The fourth-order valence-corrected chi connectivity index (χ4v) is 2.28. The Morgan fingerprint density at radius 2 is 2.33 bits per heavy atom. The first-order valence-electron chi connectivity index (χ1n) is 5.38. The number of hydrogen-bond acceptors (Lipinski definition) is 5. The zero-order valence-electron chi connectivity index (χ0n) is 10.1. The van der Waals surface area contributed by atoms with Gasteiger partial charge in [-0.25, -0.2) is 14.8 Å². The molecule has 2 aromatic rings. The van der Waals surface area contributed by atoms with Gasteiger partial charge in [0.25, 0.3) is 0 Å². The number of aryl methyl sites for hydroxylation is 1. The minimum Gasteiger partial charge on any atom is -0.476 e. The summed E-state index contributed by atoms with van der Waals surface area (Å²) in [7, 11) is 1.83. The molecule has 0 spiro atoms. The molecular formula is C12H13N3O2S. The van der Waals surface area contributed by atoms with Crippen LogP contribution in [0.3, 0.4) is 0 Å². The monoisotopic (exact) mass is 263 g/mol. The van der Waals surface area contributed by atoms with E-state index in [1.165, 1.54) is 6.20 Å². The summed E-state index contributed by atoms with van der Waals surface area (Å²) in [5.41, 5.74) is 1.59. The molecule has 6 heteroatoms. The third-order valence-electron chi connectivity index (χ3n) is 2.47. The molecule has 94 valence electrons. The summed E-state index contributed by atoms with van der Waals surface area (Å²) in [5.74, 6) is -1.02. The molecule has 2 rings (SSSR count). The number of rotatable bonds is 4. The lowest BCUT2D eigenvalue weighted by Gasteiger charge is -2.19. The van der Waals surface area contributed by atoms with Crippen LogP contribution in [0.15, 0.2) is 23.7 Å². The van der Waals surface area contributed by atoms with Crippen LogP contribution < -0.4 is 4.90 Å². The quantitative estimate of drug-likeness (QED) is 0.915. The summed E-state index contributed by atoms with van der Waals surface area (Å²) in [6, 6.07) is 3.47. The molecule has 0 bridgehead atoms. The largest absolute Gasteiger partial charge is 0.476 e. The summed E-state index contributed by atoms with van der Waals surface area (Å²) in [6.45, 7) is 2.51. The predicted octanol–water partition coefficient (Wildman–Crippen LogP) is 2.18. The van der Waals surface area contributed by atoms with Gasteiger partial charge in [0.2, 0.25) is 0 Å². The van der Waals surface area contributed by atoms with E-state index < -0.39 is 5.97 Å². The zero-order chi connectivity index (χ0) is 13.1. The minimum absolute atomic E-state index is 0.0620. The fraction of sp³-hybridized carbons (Fsp3) is 0.250. The molecule has 5 nitrogen and oxygen atoms in total. The first-order valence-corrected chi connectivity index (χ1v) is 6.26. The smallest absolute Gasteiger partial charge is 0.356 e. The number of aromatic nitrogens is 2. The van der Waals surface area contributed by atoms with Crippen LogP contribution >= 0.6 is 11.3 Å². The number of carboxylic acid groups (broad SMARTS) is 1. The number of carbonyl (C=O) groups is 1. The van der Waals surface area contributed by atoms with Crippen molar-refractivity contribution in [3.8, 4) is 0 Å². The van der Waals surface area contributed by atoms with Crippen molar-refractivity contribution in [3.63, 3.8) is 0 Å². The third-order valence-corrected chi connectivity index (χ3v) is 3.29. The van der Waals surface area contributed by atoms with E-state index in [4.69, 9.17) is 5.11 Å². The van der Waals surface area contributed by atoms with Crippen molar-refractivity contribution < 1.29 is 9.90 Å². The van der Waals surface area contributed by atoms with Gasteiger partial charge in [-0.1, -0.05) is 0 Å². The van der Waals surface area contributed by atoms with Gasteiger partial charge in [-0.2, -0.15) is 0 Å². The van der Waals surface area contributed by atoms with Crippen LogP contribution in [0, 0.1) is 6.92 Å². The van der Waals surface area contributed by atoms with E-state index in [0.29, 0.717) is 12.2 Å². The maximum absolute atomic E-state index is 11.1. The Morgan fingerprint density at radius 3 is 2.94 bits per heavy atom. The van der Waals surface area contributed by atoms with Gasteiger partial charge in [-0.3, -0.25) is 0 Å². The van der Waals surface area contributed by atoms with Crippen LogP contribution in [-0.2, 0) is 6.54 Å². The van der Waals surface area contributed by atoms with Gasteiger partial charge in [0.05, 0.1) is 22.9 Å². The van der Waals surface area contributed by atoms with E-state index in [1.54, 1.807) is 23.5 Å². The second-order valence-electron chi connectivity index (χ2n) is 3.89. The summed E-state index contributed by atoms with van der Waals surface area (Å²) < 4.78 is 0. The van der Waals surface area contributed by atoms with Crippen molar-refractivity contribution in [2.24, 2.45) is 0 Å². The number of aromatic carboxylic acids is 1. The predicted molar refractivity (Wildman–Crippen MR) is 70.2 cm³/mol. The summed E-state index contributed by atoms with van der Waals surface area (Å²) >= 11 is 1.58. The maximum Gasteiger partial charge on any atom is 0.356 e. The van der Waals surface area contributed by atoms with Gasteiger partial charge >= 0.3 is 5.97 Å². The van der Waals surface area contributed by atoms with E-state index in [1.807, 2.05) is 24.3 Å². The molecule has 0 unspecified atom stereocenters. The van der Waals surface area contributed by atoms with Crippen LogP contribution in [0.4, 0.5) is 5.69 Å². The highest BCUT2D eigenvalue weighted by Crippen LogP contribution is 2.19. The van der Waals surface area contributed by atoms with Gasteiger partial charge in [0.1, 0.15) is 0 Å². The Morgan fingerprint density at radius 1 is 1.56 bits per heavy atom. The lowest BCUT2D eigenvalue weighted by Crippen LogP contribution is -2.20. The van der Waals surface area contributed by atoms with E-state index >= 15 is 0 Å². The van der Waals surface area contributed by atoms with Gasteiger partial charge in [0.15, 0.2) is 5.69 Å². The second-order valence-corrected chi connectivity index (χ2v) is 4.95. The topological polar surface area (TPSA) is 66.3 Å². The van der Waals surface area contributed by atoms with Crippen molar-refractivity contribution in [1.82, 2.24) is 9.97 Å². The summed E-state index contributed by atoms with van der Waals surface area (Å²) in [4.78, 5) is 21.2. The van der Waals surface area contributed by atoms with Crippen molar-refractivity contribution in [2.45, 2.75) is 13.5 Å². The molecule has 2 aromatic heterocycles. The average Bonchev–Trinajstić information content (AvgIpc) is 2.74. The minimum atomic E-state index is -1.02. The number of thiazole rings is 1. The molecule has 2 heterocycles. The van der Waals surface area contributed by atoms with E-state index in [-0.39, 0.29) is 5.69 Å². The van der Waals surface area contributed by atoms with Gasteiger partial charge < -0.3 is 10.0 Å². The highest BCUT2D eigenvalue weighted by Gasteiger charge is 2.15. The molecule has 0 amide bonds. The molecule has 0 fully saturated rings. The molecule has 0 radical (unpaired) electrons. The van der Waals surface area contributed by atoms with Crippen molar-refractivity contribution in [3.05, 3.63) is 40.1 Å². The zero-order valence-corrected chi connectivity index (χ0v) is 10.9. The van der Waals surface area contributed by atoms with Crippen molar-refractivity contribution in [1.29, 1.82) is 0 Å². The van der Waals surface area contributed by atoms with Gasteiger partial charge in [-0.05, 0) is 19.1 Å². The van der Waals surface area contributed by atoms with Crippen molar-refractivity contribution >= 4 is 23.0 Å². The van der Waals surface area contributed by atoms with E-state index in [2.05, 4.69) is 9.97 Å². The SMILES string of the molecule is Cc1nc(CN(C)c2cccnc2C(=O)O)cs1. The molecule has 0 aromatic carbocycles.